The number of aryl methyl sites for hydroxylation is 3. The van der Waals surface area contributed by atoms with E-state index in [4.69, 9.17) is 13.8 Å². The molecule has 0 N–H and O–H groups in total. The molecule has 0 bridgehead atoms. The first-order valence-electron chi connectivity index (χ1n) is 12.8. The zero-order valence-electron chi connectivity index (χ0n) is 21.4. The molecule has 2 aliphatic heterocycles. The Kier molecular flexibility index (Phi) is 9.13. The van der Waals surface area contributed by atoms with Crippen molar-refractivity contribution >= 4 is 0 Å². The van der Waals surface area contributed by atoms with E-state index >= 15 is 0 Å². The van der Waals surface area contributed by atoms with Crippen LogP contribution in [-0.4, -0.2) is 115 Å². The topological polar surface area (TPSA) is 74.2 Å². The third kappa shape index (κ3) is 7.11. The van der Waals surface area contributed by atoms with Crippen LogP contribution in [0.4, 0.5) is 0 Å². The van der Waals surface area contributed by atoms with Gasteiger partial charge in [0.25, 0.3) is 0 Å². The van der Waals surface area contributed by atoms with Gasteiger partial charge in [0.2, 0.25) is 0 Å². The predicted molar refractivity (Wildman–Crippen MR) is 131 cm³/mol. The monoisotopic (exact) mass is 474 g/mol. The molecule has 34 heavy (non-hydrogen) atoms. The minimum absolute atomic E-state index is 0.515. The van der Waals surface area contributed by atoms with Crippen molar-refractivity contribution in [1.82, 2.24) is 29.9 Å². The Morgan fingerprint density at radius 2 is 1.65 bits per heavy atom. The maximum Gasteiger partial charge on any atom is 0.134 e. The Hall–Kier alpha value is -1.78. The first-order valence-corrected chi connectivity index (χ1v) is 12.8. The van der Waals surface area contributed by atoms with Gasteiger partial charge in [0.05, 0.1) is 18.9 Å². The van der Waals surface area contributed by atoms with E-state index in [0.29, 0.717) is 25.3 Å². The highest BCUT2D eigenvalue weighted by Gasteiger charge is 2.36. The van der Waals surface area contributed by atoms with E-state index < -0.39 is 0 Å². The van der Waals surface area contributed by atoms with Gasteiger partial charge in [-0.1, -0.05) is 10.3 Å². The number of piperazine rings is 2. The average Bonchev–Trinajstić information content (AvgIpc) is 3.43. The van der Waals surface area contributed by atoms with Crippen molar-refractivity contribution in [2.45, 2.75) is 51.8 Å². The Balaban J connectivity index is 1.24. The minimum atomic E-state index is 0.515. The predicted octanol–water partition coefficient (Wildman–Crippen LogP) is 2.05. The molecule has 2 aliphatic rings. The molecule has 9 heteroatoms. The average molecular weight is 475 g/mol. The fourth-order valence-corrected chi connectivity index (χ4v) is 5.23. The van der Waals surface area contributed by atoms with Crippen LogP contribution in [0.2, 0.25) is 0 Å². The highest BCUT2D eigenvalue weighted by Crippen LogP contribution is 2.20. The maximum absolute atomic E-state index is 5.94. The second-order valence-corrected chi connectivity index (χ2v) is 10.1. The summed E-state index contributed by atoms with van der Waals surface area (Å²) in [5.41, 5.74) is 1.95. The highest BCUT2D eigenvalue weighted by molar-refractivity contribution is 5.03. The summed E-state index contributed by atoms with van der Waals surface area (Å²) in [4.78, 5) is 10.4. The van der Waals surface area contributed by atoms with Crippen molar-refractivity contribution in [2.24, 2.45) is 0 Å². The first-order chi connectivity index (χ1) is 16.5. The summed E-state index contributed by atoms with van der Waals surface area (Å²) in [7, 11) is 4.55. The number of rotatable bonds is 11. The van der Waals surface area contributed by atoms with Gasteiger partial charge in [-0.15, -0.1) is 0 Å². The minimum Gasteiger partial charge on any atom is -0.374 e. The molecule has 2 fully saturated rings. The number of hydrogen-bond acceptors (Lipinski definition) is 9. The van der Waals surface area contributed by atoms with Crippen molar-refractivity contribution in [1.29, 1.82) is 0 Å². The van der Waals surface area contributed by atoms with Gasteiger partial charge in [0.15, 0.2) is 0 Å². The molecule has 2 saturated heterocycles. The molecule has 0 amide bonds. The van der Waals surface area contributed by atoms with E-state index in [9.17, 15) is 0 Å². The summed E-state index contributed by atoms with van der Waals surface area (Å²) in [5, 5.41) is 8.15. The highest BCUT2D eigenvalue weighted by atomic mass is 16.5. The smallest absolute Gasteiger partial charge is 0.134 e. The van der Waals surface area contributed by atoms with Gasteiger partial charge in [0, 0.05) is 70.0 Å². The Bertz CT molecular complexity index is 870. The molecule has 0 aliphatic carbocycles. The van der Waals surface area contributed by atoms with Crippen molar-refractivity contribution in [3.05, 3.63) is 35.0 Å². The van der Waals surface area contributed by atoms with Gasteiger partial charge in [-0.2, -0.15) is 0 Å². The van der Waals surface area contributed by atoms with Crippen LogP contribution in [-0.2, 0) is 17.8 Å². The normalized spacial score (nSPS) is 23.6. The molecule has 4 rings (SSSR count). The van der Waals surface area contributed by atoms with E-state index in [0.717, 1.165) is 88.1 Å². The number of ether oxygens (including phenoxy) is 1. The fourth-order valence-electron chi connectivity index (χ4n) is 5.23. The van der Waals surface area contributed by atoms with Crippen LogP contribution in [0.15, 0.2) is 21.2 Å². The second-order valence-electron chi connectivity index (χ2n) is 10.1. The van der Waals surface area contributed by atoms with Crippen LogP contribution >= 0.6 is 0 Å². The van der Waals surface area contributed by atoms with Crippen LogP contribution in [0.1, 0.15) is 35.7 Å². The lowest BCUT2D eigenvalue weighted by Gasteiger charge is -2.50. The van der Waals surface area contributed by atoms with Crippen LogP contribution in [0.3, 0.4) is 0 Å². The molecule has 9 nitrogen and oxygen atoms in total. The van der Waals surface area contributed by atoms with E-state index in [-0.39, 0.29) is 0 Å². The Morgan fingerprint density at radius 3 is 2.38 bits per heavy atom. The largest absolute Gasteiger partial charge is 0.374 e. The summed E-state index contributed by atoms with van der Waals surface area (Å²) in [6, 6.07) is 5.04. The third-order valence-corrected chi connectivity index (χ3v) is 7.24. The summed E-state index contributed by atoms with van der Waals surface area (Å²) in [6.45, 7) is 13.9. The fraction of sp³-hybridized carbons (Fsp3) is 0.760. The standard InChI is InChI=1S/C25H42N6O3/c1-20-15-22(26-33-20)7-5-6-8-30-11-10-29(4)24(18-30)25-17-28(3)9-12-31(25)13-14-32-19-23-16-21(2)34-27-23/h15-16,24-25H,5-14,17-19H2,1-4H3. The van der Waals surface area contributed by atoms with Gasteiger partial charge >= 0.3 is 0 Å². The van der Waals surface area contributed by atoms with Crippen molar-refractivity contribution in [2.75, 3.05) is 73.1 Å². The molecular formula is C25H42N6O3. The van der Waals surface area contributed by atoms with Crippen molar-refractivity contribution in [3.63, 3.8) is 0 Å². The van der Waals surface area contributed by atoms with Gasteiger partial charge in [-0.3, -0.25) is 9.80 Å². The SMILES string of the molecule is Cc1cc(CCCCN2CCN(C)C(C3CN(C)CCN3CCOCc3cc(C)on3)C2)no1. The van der Waals surface area contributed by atoms with E-state index in [2.05, 4.69) is 50.1 Å². The molecule has 190 valence electrons. The molecule has 4 heterocycles. The molecule has 2 aromatic heterocycles. The number of aromatic nitrogens is 2. The lowest BCUT2D eigenvalue weighted by atomic mass is 9.99. The lowest BCUT2D eigenvalue weighted by Crippen LogP contribution is -2.65. The Morgan fingerprint density at radius 1 is 0.882 bits per heavy atom. The molecule has 0 saturated carbocycles. The zero-order chi connectivity index (χ0) is 23.9. The van der Waals surface area contributed by atoms with Crippen LogP contribution in [0.25, 0.3) is 0 Å². The van der Waals surface area contributed by atoms with Gasteiger partial charge < -0.3 is 23.6 Å². The summed E-state index contributed by atoms with van der Waals surface area (Å²) in [6.07, 6.45) is 3.36. The second kappa shape index (κ2) is 12.3. The van der Waals surface area contributed by atoms with E-state index in [1.54, 1.807) is 0 Å². The van der Waals surface area contributed by atoms with Crippen LogP contribution < -0.4 is 0 Å². The maximum atomic E-state index is 5.94. The summed E-state index contributed by atoms with van der Waals surface area (Å²) >= 11 is 0. The molecule has 2 atom stereocenters. The van der Waals surface area contributed by atoms with Gasteiger partial charge in [0.1, 0.15) is 17.2 Å². The van der Waals surface area contributed by atoms with Crippen molar-refractivity contribution < 1.29 is 13.8 Å². The molecule has 0 spiro atoms. The molecular weight excluding hydrogens is 432 g/mol. The molecule has 0 aromatic carbocycles. The summed E-state index contributed by atoms with van der Waals surface area (Å²) < 4.78 is 16.3. The quantitative estimate of drug-likeness (QED) is 0.455. The van der Waals surface area contributed by atoms with Gasteiger partial charge in [-0.05, 0) is 53.8 Å². The lowest BCUT2D eigenvalue weighted by molar-refractivity contribution is -0.0193. The number of likely N-dealkylation sites (N-methyl/N-ethyl adjacent to an activating group) is 2. The Labute approximate surface area is 203 Å². The van der Waals surface area contributed by atoms with Crippen LogP contribution in [0.5, 0.6) is 0 Å². The molecule has 2 unspecified atom stereocenters. The number of hydrogen-bond donors (Lipinski definition) is 0. The van der Waals surface area contributed by atoms with Crippen molar-refractivity contribution in [3.8, 4) is 0 Å². The molecule has 0 radical (unpaired) electrons. The third-order valence-electron chi connectivity index (χ3n) is 7.24. The number of unbranched alkanes of at least 4 members (excludes halogenated alkanes) is 1. The van der Waals surface area contributed by atoms with E-state index in [1.165, 1.54) is 6.42 Å². The summed E-state index contributed by atoms with van der Waals surface area (Å²) in [5.74, 6) is 1.73. The first kappa shape index (κ1) is 25.3. The number of nitrogens with zero attached hydrogens (tertiary/aromatic N) is 6. The zero-order valence-corrected chi connectivity index (χ0v) is 21.4. The molecule has 2 aromatic rings. The van der Waals surface area contributed by atoms with E-state index in [1.807, 2.05) is 19.9 Å². The van der Waals surface area contributed by atoms with Gasteiger partial charge in [-0.25, -0.2) is 0 Å². The van der Waals surface area contributed by atoms with Crippen LogP contribution in [0, 0.1) is 13.8 Å².